The number of carbonyl (C=O) groups excluding carboxylic acids is 1. The maximum atomic E-state index is 12.8. The zero-order valence-corrected chi connectivity index (χ0v) is 18.9. The lowest BCUT2D eigenvalue weighted by molar-refractivity contribution is 0.102. The lowest BCUT2D eigenvalue weighted by atomic mass is 10.1. The first-order valence-corrected chi connectivity index (χ1v) is 10.6. The van der Waals surface area contributed by atoms with E-state index >= 15 is 0 Å². The van der Waals surface area contributed by atoms with Crippen molar-refractivity contribution in [1.29, 1.82) is 0 Å². The third kappa shape index (κ3) is 3.65. The monoisotopic (exact) mass is 437 g/mol. The first-order chi connectivity index (χ1) is 15.9. The number of anilines is 1. The second kappa shape index (κ2) is 7.98. The number of aryl methyl sites for hydroxylation is 3. The lowest BCUT2D eigenvalue weighted by Crippen LogP contribution is -2.15. The molecule has 0 saturated carbocycles. The normalized spacial score (nSPS) is 11.2. The molecule has 0 atom stereocenters. The van der Waals surface area contributed by atoms with Crippen molar-refractivity contribution in [2.24, 2.45) is 0 Å². The summed E-state index contributed by atoms with van der Waals surface area (Å²) in [5.74, 6) is 0.856. The lowest BCUT2D eigenvalue weighted by Gasteiger charge is -2.11. The first kappa shape index (κ1) is 20.6. The molecule has 0 fully saturated rings. The summed E-state index contributed by atoms with van der Waals surface area (Å²) in [5.41, 5.74) is 6.34. The summed E-state index contributed by atoms with van der Waals surface area (Å²) in [6.07, 6.45) is 3.22. The predicted molar refractivity (Wildman–Crippen MR) is 127 cm³/mol. The van der Waals surface area contributed by atoms with E-state index in [0.717, 1.165) is 27.9 Å². The van der Waals surface area contributed by atoms with E-state index in [4.69, 9.17) is 0 Å². The van der Waals surface area contributed by atoms with Crippen molar-refractivity contribution >= 4 is 22.8 Å². The minimum Gasteiger partial charge on any atom is -0.306 e. The van der Waals surface area contributed by atoms with Crippen molar-refractivity contribution in [3.8, 4) is 11.5 Å². The van der Waals surface area contributed by atoms with Crippen LogP contribution in [0.25, 0.3) is 22.5 Å². The third-order valence-corrected chi connectivity index (χ3v) is 5.74. The highest BCUT2D eigenvalue weighted by Gasteiger charge is 2.18. The van der Waals surface area contributed by atoms with E-state index in [2.05, 4.69) is 45.4 Å². The quantitative estimate of drug-likeness (QED) is 0.447. The van der Waals surface area contributed by atoms with E-state index in [9.17, 15) is 4.79 Å². The minimum absolute atomic E-state index is 0.215. The summed E-state index contributed by atoms with van der Waals surface area (Å²) >= 11 is 0. The zero-order chi connectivity index (χ0) is 23.1. The Morgan fingerprint density at radius 1 is 0.939 bits per heavy atom. The highest BCUT2D eigenvalue weighted by atomic mass is 16.1. The summed E-state index contributed by atoms with van der Waals surface area (Å²) < 4.78 is 3.43. The fraction of sp³-hybridized carbons (Fsp3) is 0.160. The molecule has 0 saturated heterocycles. The van der Waals surface area contributed by atoms with Crippen LogP contribution in [0.15, 0.2) is 61.1 Å². The molecular weight excluding hydrogens is 414 g/mol. The van der Waals surface area contributed by atoms with E-state index in [1.165, 1.54) is 11.9 Å². The van der Waals surface area contributed by atoms with Gasteiger partial charge in [0, 0.05) is 11.6 Å². The Balaban J connectivity index is 1.58. The van der Waals surface area contributed by atoms with Crippen LogP contribution in [-0.4, -0.2) is 35.4 Å². The molecule has 33 heavy (non-hydrogen) atoms. The van der Waals surface area contributed by atoms with Gasteiger partial charge >= 0.3 is 0 Å². The van der Waals surface area contributed by atoms with Crippen LogP contribution in [0.5, 0.6) is 0 Å². The van der Waals surface area contributed by atoms with Gasteiger partial charge in [-0.1, -0.05) is 29.8 Å². The van der Waals surface area contributed by atoms with E-state index in [1.807, 2.05) is 48.9 Å². The maximum absolute atomic E-state index is 12.8. The van der Waals surface area contributed by atoms with Crippen LogP contribution in [0, 0.1) is 27.7 Å². The fourth-order valence-corrected chi connectivity index (χ4v) is 3.79. The molecule has 1 N–H and O–H groups in total. The molecule has 8 nitrogen and oxygen atoms in total. The molecule has 0 radical (unpaired) electrons. The van der Waals surface area contributed by atoms with Crippen LogP contribution in [0.1, 0.15) is 32.7 Å². The highest BCUT2D eigenvalue weighted by Crippen LogP contribution is 2.26. The Hall–Kier alpha value is -4.33. The number of hydrogen-bond donors (Lipinski definition) is 1. The molecule has 0 aliphatic rings. The third-order valence-electron chi connectivity index (χ3n) is 5.74. The molecule has 1 amide bonds. The second-order valence-corrected chi connectivity index (χ2v) is 8.11. The fourth-order valence-electron chi connectivity index (χ4n) is 3.79. The summed E-state index contributed by atoms with van der Waals surface area (Å²) in [4.78, 5) is 21.8. The van der Waals surface area contributed by atoms with E-state index in [0.29, 0.717) is 22.8 Å². The van der Waals surface area contributed by atoms with E-state index in [1.54, 1.807) is 23.0 Å². The number of hydrogen-bond acceptors (Lipinski definition) is 5. The Morgan fingerprint density at radius 3 is 2.52 bits per heavy atom. The van der Waals surface area contributed by atoms with Gasteiger partial charge in [0.15, 0.2) is 11.5 Å². The molecular formula is C25H23N7O. The number of carbonyl (C=O) groups is 1. The first-order valence-electron chi connectivity index (χ1n) is 10.6. The van der Waals surface area contributed by atoms with E-state index < -0.39 is 0 Å². The van der Waals surface area contributed by atoms with E-state index in [-0.39, 0.29) is 5.91 Å². The van der Waals surface area contributed by atoms with Gasteiger partial charge in [-0.2, -0.15) is 14.9 Å². The topological polar surface area (TPSA) is 90.5 Å². The number of rotatable bonds is 4. The Labute approximate surface area is 190 Å². The predicted octanol–water partition coefficient (Wildman–Crippen LogP) is 4.49. The van der Waals surface area contributed by atoms with Crippen molar-refractivity contribution in [2.45, 2.75) is 27.7 Å². The minimum atomic E-state index is -0.215. The van der Waals surface area contributed by atoms with Gasteiger partial charge in [0.25, 0.3) is 5.91 Å². The zero-order valence-electron chi connectivity index (χ0n) is 18.9. The Bertz CT molecular complexity index is 1500. The summed E-state index contributed by atoms with van der Waals surface area (Å²) in [6, 6.07) is 15.3. The van der Waals surface area contributed by atoms with Gasteiger partial charge in [-0.05, 0) is 57.0 Å². The van der Waals surface area contributed by atoms with Crippen LogP contribution < -0.4 is 5.32 Å². The number of aromatic nitrogens is 6. The van der Waals surface area contributed by atoms with Crippen molar-refractivity contribution in [1.82, 2.24) is 29.5 Å². The van der Waals surface area contributed by atoms with Crippen molar-refractivity contribution < 1.29 is 4.79 Å². The molecule has 2 aromatic carbocycles. The molecule has 3 aromatic heterocycles. The van der Waals surface area contributed by atoms with Gasteiger partial charge < -0.3 is 5.32 Å². The number of amides is 1. The number of nitrogens with one attached hydrogen (secondary N) is 1. The molecule has 164 valence electrons. The van der Waals surface area contributed by atoms with Crippen LogP contribution in [-0.2, 0) is 0 Å². The molecule has 8 heteroatoms. The maximum Gasteiger partial charge on any atom is 0.256 e. The molecule has 5 aromatic rings. The van der Waals surface area contributed by atoms with Crippen LogP contribution in [0.2, 0.25) is 0 Å². The van der Waals surface area contributed by atoms with Gasteiger partial charge in [-0.25, -0.2) is 14.6 Å². The SMILES string of the molecule is Cc1ccc(C(=O)Nc2cc(C)nn2-c2ncnc3c2cnn3-c2cccc(C)c2C)cc1. The molecule has 0 unspecified atom stereocenters. The average Bonchev–Trinajstić information content (AvgIpc) is 3.39. The molecule has 5 rings (SSSR count). The van der Waals surface area contributed by atoms with Crippen molar-refractivity contribution in [3.63, 3.8) is 0 Å². The largest absolute Gasteiger partial charge is 0.306 e. The molecule has 0 spiro atoms. The standard InChI is InChI=1S/C25H23N7O/c1-15-8-10-19(11-9-15)25(33)29-22-12-17(3)30-32(22)24-20-13-28-31(23(20)26-14-27-24)21-7-5-6-16(2)18(21)4/h5-14H,1-4H3,(H,29,33). The van der Waals surface area contributed by atoms with Gasteiger partial charge in [0.05, 0.1) is 23.0 Å². The number of fused-ring (bicyclic) bond motifs is 1. The van der Waals surface area contributed by atoms with Crippen molar-refractivity contribution in [3.05, 3.63) is 89.0 Å². The van der Waals surface area contributed by atoms with Crippen LogP contribution >= 0.6 is 0 Å². The highest BCUT2D eigenvalue weighted by molar-refractivity contribution is 6.04. The summed E-state index contributed by atoms with van der Waals surface area (Å²) in [5, 5.41) is 12.9. The van der Waals surface area contributed by atoms with Crippen molar-refractivity contribution in [2.75, 3.05) is 5.32 Å². The average molecular weight is 438 g/mol. The molecule has 0 bridgehead atoms. The van der Waals surface area contributed by atoms with Crippen LogP contribution in [0.4, 0.5) is 5.82 Å². The number of nitrogens with zero attached hydrogens (tertiary/aromatic N) is 6. The molecule has 0 aliphatic heterocycles. The van der Waals surface area contributed by atoms with Gasteiger partial charge in [0.1, 0.15) is 12.1 Å². The van der Waals surface area contributed by atoms with Gasteiger partial charge in [0.2, 0.25) is 0 Å². The second-order valence-electron chi connectivity index (χ2n) is 8.11. The number of benzene rings is 2. The summed E-state index contributed by atoms with van der Waals surface area (Å²) in [7, 11) is 0. The Morgan fingerprint density at radius 2 is 1.73 bits per heavy atom. The molecule has 3 heterocycles. The van der Waals surface area contributed by atoms with Crippen LogP contribution in [0.3, 0.4) is 0 Å². The Kier molecular flexibility index (Phi) is 4.97. The van der Waals surface area contributed by atoms with Gasteiger partial charge in [-0.3, -0.25) is 4.79 Å². The molecule has 0 aliphatic carbocycles. The summed E-state index contributed by atoms with van der Waals surface area (Å²) in [6.45, 7) is 7.99. The smallest absolute Gasteiger partial charge is 0.256 e. The van der Waals surface area contributed by atoms with Gasteiger partial charge in [-0.15, -0.1) is 0 Å².